The molecule has 1 fully saturated rings. The molecular weight excluding hydrogens is 410 g/mol. The van der Waals surface area contributed by atoms with Crippen molar-refractivity contribution in [3.8, 4) is 0 Å². The minimum atomic E-state index is -3.77. The molecule has 1 aliphatic carbocycles. The van der Waals surface area contributed by atoms with Crippen LogP contribution in [0, 0.1) is 0 Å². The molecule has 0 radical (unpaired) electrons. The Hall–Kier alpha value is -2.51. The first-order valence-electron chi connectivity index (χ1n) is 10.9. The van der Waals surface area contributed by atoms with E-state index >= 15 is 0 Å². The van der Waals surface area contributed by atoms with E-state index in [0.29, 0.717) is 5.92 Å². The first-order chi connectivity index (χ1) is 14.9. The van der Waals surface area contributed by atoms with Crippen LogP contribution in [0.15, 0.2) is 64.6 Å². The predicted molar refractivity (Wildman–Crippen MR) is 123 cm³/mol. The molecule has 166 valence electrons. The fraction of sp³-hybridized carbons (Fsp3) is 0.417. The smallest absolute Gasteiger partial charge is 0.255 e. The maximum Gasteiger partial charge on any atom is 0.255 e. The summed E-state index contributed by atoms with van der Waals surface area (Å²) in [5.74, 6) is 0.00292. The molecule has 0 aromatic heterocycles. The average Bonchev–Trinajstić information content (AvgIpc) is 2.79. The molecule has 0 aliphatic heterocycles. The maximum atomic E-state index is 13.3. The number of amides is 1. The summed E-state index contributed by atoms with van der Waals surface area (Å²) in [5.41, 5.74) is 4.58. The van der Waals surface area contributed by atoms with Crippen molar-refractivity contribution in [3.05, 3.63) is 65.7 Å². The van der Waals surface area contributed by atoms with Gasteiger partial charge in [-0.25, -0.2) is 13.8 Å². The quantitative estimate of drug-likeness (QED) is 0.490. The van der Waals surface area contributed by atoms with Crippen LogP contribution in [0.25, 0.3) is 0 Å². The molecule has 6 nitrogen and oxygen atoms in total. The highest BCUT2D eigenvalue weighted by atomic mass is 32.2. The minimum absolute atomic E-state index is 0.169. The van der Waals surface area contributed by atoms with Crippen molar-refractivity contribution in [2.45, 2.75) is 62.8 Å². The summed E-state index contributed by atoms with van der Waals surface area (Å²) in [6.45, 7) is 4.02. The van der Waals surface area contributed by atoms with Gasteiger partial charge in [0.25, 0.3) is 5.91 Å². The van der Waals surface area contributed by atoms with Gasteiger partial charge in [-0.15, -0.1) is 0 Å². The fourth-order valence-corrected chi connectivity index (χ4v) is 5.49. The van der Waals surface area contributed by atoms with E-state index in [0.717, 1.165) is 37.7 Å². The van der Waals surface area contributed by atoms with Gasteiger partial charge < -0.3 is 0 Å². The number of sulfonamides is 1. The Morgan fingerprint density at radius 2 is 1.71 bits per heavy atom. The topological polar surface area (TPSA) is 78.8 Å². The molecule has 7 heteroatoms. The van der Waals surface area contributed by atoms with Gasteiger partial charge in [-0.2, -0.15) is 9.41 Å². The van der Waals surface area contributed by atoms with Crippen LogP contribution in [-0.2, 0) is 14.8 Å². The van der Waals surface area contributed by atoms with Crippen molar-refractivity contribution in [2.75, 3.05) is 6.54 Å². The first-order valence-corrected chi connectivity index (χ1v) is 12.3. The molecule has 3 rings (SSSR count). The Labute approximate surface area is 185 Å². The Morgan fingerprint density at radius 3 is 2.32 bits per heavy atom. The molecule has 1 saturated carbocycles. The molecular formula is C24H31N3O3S. The molecule has 1 amide bonds. The van der Waals surface area contributed by atoms with Gasteiger partial charge in [0.15, 0.2) is 0 Å². The normalized spacial score (nSPS) is 15.6. The number of benzene rings is 2. The second-order valence-corrected chi connectivity index (χ2v) is 10.2. The van der Waals surface area contributed by atoms with Crippen molar-refractivity contribution >= 4 is 22.1 Å². The highest BCUT2D eigenvalue weighted by Crippen LogP contribution is 2.27. The van der Waals surface area contributed by atoms with Crippen LogP contribution in [0.1, 0.15) is 63.0 Å². The summed E-state index contributed by atoms with van der Waals surface area (Å²) in [5, 5.41) is 4.02. The van der Waals surface area contributed by atoms with Gasteiger partial charge in [0.1, 0.15) is 0 Å². The summed E-state index contributed by atoms with van der Waals surface area (Å²) in [6, 6.07) is 16.1. The number of carbonyl (C=O) groups is 1. The lowest BCUT2D eigenvalue weighted by atomic mass is 9.95. The molecule has 0 spiro atoms. The third-order valence-electron chi connectivity index (χ3n) is 5.64. The van der Waals surface area contributed by atoms with E-state index in [4.69, 9.17) is 0 Å². The molecule has 1 N–H and O–H groups in total. The van der Waals surface area contributed by atoms with Crippen molar-refractivity contribution in [2.24, 2.45) is 5.10 Å². The third kappa shape index (κ3) is 6.24. The molecule has 2 aromatic carbocycles. The second-order valence-electron chi connectivity index (χ2n) is 8.27. The van der Waals surface area contributed by atoms with Gasteiger partial charge in [-0.05, 0) is 42.0 Å². The van der Waals surface area contributed by atoms with Gasteiger partial charge in [-0.1, -0.05) is 75.6 Å². The van der Waals surface area contributed by atoms with Crippen LogP contribution in [0.4, 0.5) is 0 Å². The van der Waals surface area contributed by atoms with Crippen LogP contribution in [0.2, 0.25) is 0 Å². The van der Waals surface area contributed by atoms with E-state index in [2.05, 4.69) is 24.4 Å². The monoisotopic (exact) mass is 441 g/mol. The highest BCUT2D eigenvalue weighted by molar-refractivity contribution is 7.89. The Bertz CT molecular complexity index is 980. The minimum Gasteiger partial charge on any atom is -0.272 e. The van der Waals surface area contributed by atoms with Crippen LogP contribution in [-0.4, -0.2) is 37.4 Å². The summed E-state index contributed by atoms with van der Waals surface area (Å²) in [7, 11) is -3.77. The van der Waals surface area contributed by atoms with Crippen molar-refractivity contribution < 1.29 is 13.2 Å². The zero-order valence-electron chi connectivity index (χ0n) is 18.2. The van der Waals surface area contributed by atoms with E-state index in [1.165, 1.54) is 9.87 Å². The summed E-state index contributed by atoms with van der Waals surface area (Å²) in [4.78, 5) is 12.8. The molecule has 0 atom stereocenters. The van der Waals surface area contributed by atoms with Crippen molar-refractivity contribution in [1.29, 1.82) is 0 Å². The zero-order chi connectivity index (χ0) is 22.3. The number of rotatable bonds is 8. The van der Waals surface area contributed by atoms with Crippen LogP contribution in [0.5, 0.6) is 0 Å². The number of hydrazone groups is 1. The lowest BCUT2D eigenvalue weighted by Gasteiger charge is -2.32. The molecule has 1 aliphatic rings. The Balaban J connectivity index is 1.69. The van der Waals surface area contributed by atoms with E-state index in [9.17, 15) is 13.2 Å². The van der Waals surface area contributed by atoms with Crippen LogP contribution >= 0.6 is 0 Å². The van der Waals surface area contributed by atoms with Gasteiger partial charge in [-0.3, -0.25) is 4.79 Å². The third-order valence-corrected chi connectivity index (χ3v) is 7.55. The van der Waals surface area contributed by atoms with E-state index in [1.54, 1.807) is 36.5 Å². The lowest BCUT2D eigenvalue weighted by Crippen LogP contribution is -2.46. The summed E-state index contributed by atoms with van der Waals surface area (Å²) < 4.78 is 27.9. The number of hydrogen-bond acceptors (Lipinski definition) is 4. The van der Waals surface area contributed by atoms with Gasteiger partial charge in [0, 0.05) is 6.04 Å². The van der Waals surface area contributed by atoms with Crippen molar-refractivity contribution in [1.82, 2.24) is 9.73 Å². The number of hydrogen-bond donors (Lipinski definition) is 1. The van der Waals surface area contributed by atoms with Crippen LogP contribution < -0.4 is 5.43 Å². The lowest BCUT2D eigenvalue weighted by molar-refractivity contribution is -0.121. The molecule has 2 aromatic rings. The molecule has 0 bridgehead atoms. The standard InChI is InChI=1S/C24H31N3O3S/c1-19(2)21-15-13-20(14-16-21)17-25-26-24(28)18-27(22-9-5-3-6-10-22)31(29,30)23-11-7-4-8-12-23/h4,7-8,11-17,19,22H,3,5-6,9-10,18H2,1-2H3,(H,26,28)/b25-17+. The largest absolute Gasteiger partial charge is 0.272 e. The zero-order valence-corrected chi connectivity index (χ0v) is 19.0. The van der Waals surface area contributed by atoms with Crippen LogP contribution in [0.3, 0.4) is 0 Å². The Morgan fingerprint density at radius 1 is 1.06 bits per heavy atom. The maximum absolute atomic E-state index is 13.3. The fourth-order valence-electron chi connectivity index (χ4n) is 3.83. The number of nitrogens with one attached hydrogen (secondary N) is 1. The average molecular weight is 442 g/mol. The number of carbonyl (C=O) groups excluding carboxylic acids is 1. The predicted octanol–water partition coefficient (Wildman–Crippen LogP) is 4.28. The summed E-state index contributed by atoms with van der Waals surface area (Å²) in [6.07, 6.45) is 6.14. The first kappa shape index (κ1) is 23.2. The van der Waals surface area contributed by atoms with Gasteiger partial charge >= 0.3 is 0 Å². The molecule has 0 unspecified atom stereocenters. The van der Waals surface area contributed by atoms with E-state index in [1.807, 2.05) is 24.3 Å². The number of nitrogens with zero attached hydrogens (tertiary/aromatic N) is 2. The summed E-state index contributed by atoms with van der Waals surface area (Å²) >= 11 is 0. The molecule has 0 saturated heterocycles. The SMILES string of the molecule is CC(C)c1ccc(/C=N/NC(=O)CN(C2CCCCC2)S(=O)(=O)c2ccccc2)cc1. The molecule has 31 heavy (non-hydrogen) atoms. The van der Waals surface area contributed by atoms with E-state index in [-0.39, 0.29) is 17.5 Å². The van der Waals surface area contributed by atoms with Gasteiger partial charge in [0.2, 0.25) is 10.0 Å². The van der Waals surface area contributed by atoms with E-state index < -0.39 is 15.9 Å². The van der Waals surface area contributed by atoms with Crippen molar-refractivity contribution in [3.63, 3.8) is 0 Å². The van der Waals surface area contributed by atoms with Gasteiger partial charge in [0.05, 0.1) is 17.7 Å². The second kappa shape index (κ2) is 10.7. The molecule has 0 heterocycles. The Kier molecular flexibility index (Phi) is 7.98. The highest BCUT2D eigenvalue weighted by Gasteiger charge is 2.33.